The number of carbonyl (C=O) groups excluding carboxylic acids is 2. The molecule has 8 nitrogen and oxygen atoms in total. The molecule has 2 fully saturated rings. The molecule has 11 heteroatoms. The van der Waals surface area contributed by atoms with Gasteiger partial charge in [0.2, 0.25) is 21.8 Å². The third kappa shape index (κ3) is 6.02. The SMILES string of the molecule is CC1CN(C(=O)C2CCN(C(=O)CCNS(=O)(=O)c3ccc(F)c(F)c3)CC2)CC(C)O1. The van der Waals surface area contributed by atoms with Gasteiger partial charge in [-0.15, -0.1) is 0 Å². The van der Waals surface area contributed by atoms with Crippen LogP contribution in [-0.2, 0) is 24.3 Å². The number of amides is 2. The van der Waals surface area contributed by atoms with Crippen molar-refractivity contribution >= 4 is 21.8 Å². The van der Waals surface area contributed by atoms with Gasteiger partial charge in [0, 0.05) is 45.1 Å². The molecule has 0 saturated carbocycles. The molecule has 178 valence electrons. The van der Waals surface area contributed by atoms with Gasteiger partial charge in [-0.1, -0.05) is 0 Å². The molecule has 2 atom stereocenters. The van der Waals surface area contributed by atoms with E-state index in [0.717, 1.165) is 12.1 Å². The Morgan fingerprint density at radius 2 is 1.69 bits per heavy atom. The van der Waals surface area contributed by atoms with Crippen molar-refractivity contribution in [3.8, 4) is 0 Å². The number of hydrogen-bond acceptors (Lipinski definition) is 5. The molecule has 0 radical (unpaired) electrons. The number of likely N-dealkylation sites (tertiary alicyclic amines) is 1. The van der Waals surface area contributed by atoms with Gasteiger partial charge in [-0.3, -0.25) is 9.59 Å². The lowest BCUT2D eigenvalue weighted by Gasteiger charge is -2.39. The fourth-order valence-electron chi connectivity index (χ4n) is 4.17. The number of hydrogen-bond donors (Lipinski definition) is 1. The highest BCUT2D eigenvalue weighted by molar-refractivity contribution is 7.89. The van der Waals surface area contributed by atoms with Gasteiger partial charge in [0.15, 0.2) is 11.6 Å². The molecule has 2 aliphatic heterocycles. The molecule has 0 aliphatic carbocycles. The van der Waals surface area contributed by atoms with Crippen LogP contribution < -0.4 is 4.72 Å². The maximum atomic E-state index is 13.3. The van der Waals surface area contributed by atoms with Crippen molar-refractivity contribution in [2.24, 2.45) is 5.92 Å². The van der Waals surface area contributed by atoms with E-state index in [0.29, 0.717) is 45.1 Å². The van der Waals surface area contributed by atoms with Crippen LogP contribution in [0.3, 0.4) is 0 Å². The van der Waals surface area contributed by atoms with Crippen LogP contribution in [0.1, 0.15) is 33.1 Å². The molecule has 3 rings (SSSR count). The van der Waals surface area contributed by atoms with E-state index >= 15 is 0 Å². The Balaban J connectivity index is 1.44. The highest BCUT2D eigenvalue weighted by Crippen LogP contribution is 2.22. The minimum Gasteiger partial charge on any atom is -0.372 e. The lowest BCUT2D eigenvalue weighted by Crippen LogP contribution is -2.51. The second-order valence-corrected chi connectivity index (χ2v) is 10.1. The summed E-state index contributed by atoms with van der Waals surface area (Å²) >= 11 is 0. The Hall–Kier alpha value is -2.11. The van der Waals surface area contributed by atoms with E-state index in [1.165, 1.54) is 0 Å². The molecule has 0 bridgehead atoms. The molecule has 1 N–H and O–H groups in total. The molecule has 0 spiro atoms. The zero-order valence-electron chi connectivity index (χ0n) is 18.2. The summed E-state index contributed by atoms with van der Waals surface area (Å²) in [6.45, 7) is 5.72. The van der Waals surface area contributed by atoms with E-state index in [1.807, 2.05) is 18.7 Å². The zero-order valence-corrected chi connectivity index (χ0v) is 19.0. The van der Waals surface area contributed by atoms with Gasteiger partial charge in [-0.25, -0.2) is 21.9 Å². The van der Waals surface area contributed by atoms with Crippen molar-refractivity contribution in [1.82, 2.24) is 14.5 Å². The maximum absolute atomic E-state index is 13.3. The van der Waals surface area contributed by atoms with Crippen molar-refractivity contribution in [1.29, 1.82) is 0 Å². The number of nitrogens with one attached hydrogen (secondary N) is 1. The quantitative estimate of drug-likeness (QED) is 0.676. The Morgan fingerprint density at radius 3 is 2.28 bits per heavy atom. The second-order valence-electron chi connectivity index (χ2n) is 8.38. The summed E-state index contributed by atoms with van der Waals surface area (Å²) in [7, 11) is -4.06. The average Bonchev–Trinajstić information content (AvgIpc) is 2.74. The van der Waals surface area contributed by atoms with Crippen LogP contribution in [0.15, 0.2) is 23.1 Å². The maximum Gasteiger partial charge on any atom is 0.240 e. The number of nitrogens with zero attached hydrogens (tertiary/aromatic N) is 2. The van der Waals surface area contributed by atoms with Gasteiger partial charge in [-0.05, 0) is 44.9 Å². The Morgan fingerprint density at radius 1 is 1.06 bits per heavy atom. The minimum absolute atomic E-state index is 0.000419. The van der Waals surface area contributed by atoms with Gasteiger partial charge in [0.05, 0.1) is 17.1 Å². The molecule has 1 aromatic carbocycles. The Bertz CT molecular complexity index is 941. The molecule has 32 heavy (non-hydrogen) atoms. The number of piperidine rings is 1. The van der Waals surface area contributed by atoms with E-state index in [9.17, 15) is 26.8 Å². The van der Waals surface area contributed by atoms with Crippen LogP contribution in [0.2, 0.25) is 0 Å². The fraction of sp³-hybridized carbons (Fsp3) is 0.619. The monoisotopic (exact) mass is 473 g/mol. The lowest BCUT2D eigenvalue weighted by atomic mass is 9.94. The summed E-state index contributed by atoms with van der Waals surface area (Å²) in [6, 6.07) is 2.29. The first-order valence-electron chi connectivity index (χ1n) is 10.7. The number of morpholine rings is 1. The normalized spacial score (nSPS) is 22.8. The van der Waals surface area contributed by atoms with Crippen LogP contribution >= 0.6 is 0 Å². The summed E-state index contributed by atoms with van der Waals surface area (Å²) < 4.78 is 58.6. The standard InChI is InChI=1S/C21H29F2N3O5S/c1-14-12-26(13-15(2)31-14)21(28)16-6-9-25(10-7-16)20(27)5-8-24-32(29,30)17-3-4-18(22)19(23)11-17/h3-4,11,14-16,24H,5-10,12-13H2,1-2H3. The van der Waals surface area contributed by atoms with E-state index in [1.54, 1.807) is 4.90 Å². The Labute approximate surface area is 186 Å². The molecule has 2 aliphatic rings. The predicted molar refractivity (Wildman–Crippen MR) is 112 cm³/mol. The topological polar surface area (TPSA) is 96.0 Å². The number of sulfonamides is 1. The lowest BCUT2D eigenvalue weighted by molar-refractivity contribution is -0.150. The number of rotatable bonds is 6. The zero-order chi connectivity index (χ0) is 23.5. The van der Waals surface area contributed by atoms with Gasteiger partial charge < -0.3 is 14.5 Å². The van der Waals surface area contributed by atoms with Gasteiger partial charge in [-0.2, -0.15) is 0 Å². The van der Waals surface area contributed by atoms with Crippen LogP contribution in [0.25, 0.3) is 0 Å². The fourth-order valence-corrected chi connectivity index (χ4v) is 5.21. The van der Waals surface area contributed by atoms with Crippen LogP contribution in [0.4, 0.5) is 8.78 Å². The van der Waals surface area contributed by atoms with E-state index in [2.05, 4.69) is 4.72 Å². The number of carbonyl (C=O) groups is 2. The van der Waals surface area contributed by atoms with Crippen molar-refractivity contribution in [2.75, 3.05) is 32.7 Å². The number of ether oxygens (including phenoxy) is 1. The Kier molecular flexibility index (Phi) is 7.84. The summed E-state index contributed by atoms with van der Waals surface area (Å²) in [6.07, 6.45) is 1.05. The first-order chi connectivity index (χ1) is 15.1. The first kappa shape index (κ1) is 24.5. The van der Waals surface area contributed by atoms with Crippen molar-refractivity contribution in [3.05, 3.63) is 29.8 Å². The molecule has 2 amide bonds. The van der Waals surface area contributed by atoms with Crippen LogP contribution in [0.5, 0.6) is 0 Å². The third-order valence-corrected chi connectivity index (χ3v) is 7.22. The van der Waals surface area contributed by atoms with Crippen LogP contribution in [-0.4, -0.2) is 75.0 Å². The molecular weight excluding hydrogens is 444 g/mol. The molecule has 2 saturated heterocycles. The van der Waals surface area contributed by atoms with Gasteiger partial charge in [0.1, 0.15) is 0 Å². The molecule has 2 unspecified atom stereocenters. The highest BCUT2D eigenvalue weighted by Gasteiger charge is 2.33. The first-order valence-corrected chi connectivity index (χ1v) is 12.2. The third-order valence-electron chi connectivity index (χ3n) is 5.76. The largest absolute Gasteiger partial charge is 0.372 e. The van der Waals surface area contributed by atoms with Crippen LogP contribution in [0, 0.1) is 17.6 Å². The van der Waals surface area contributed by atoms with Gasteiger partial charge in [0.25, 0.3) is 0 Å². The summed E-state index contributed by atoms with van der Waals surface area (Å²) in [4.78, 5) is 28.3. The van der Waals surface area contributed by atoms with E-state index in [4.69, 9.17) is 4.74 Å². The van der Waals surface area contributed by atoms with Crippen molar-refractivity contribution in [3.63, 3.8) is 0 Å². The van der Waals surface area contributed by atoms with E-state index in [-0.39, 0.29) is 42.9 Å². The summed E-state index contributed by atoms with van der Waals surface area (Å²) in [5.41, 5.74) is 0. The summed E-state index contributed by atoms with van der Waals surface area (Å²) in [5, 5.41) is 0. The van der Waals surface area contributed by atoms with Gasteiger partial charge >= 0.3 is 0 Å². The predicted octanol–water partition coefficient (Wildman–Crippen LogP) is 1.51. The summed E-state index contributed by atoms with van der Waals surface area (Å²) in [5.74, 6) is -2.67. The number of halogens is 2. The minimum atomic E-state index is -4.06. The molecule has 1 aromatic rings. The average molecular weight is 474 g/mol. The van der Waals surface area contributed by atoms with Crippen molar-refractivity contribution in [2.45, 2.75) is 50.2 Å². The molecule has 2 heterocycles. The van der Waals surface area contributed by atoms with E-state index < -0.39 is 26.6 Å². The number of benzene rings is 1. The molecule has 0 aromatic heterocycles. The second kappa shape index (κ2) is 10.2. The smallest absolute Gasteiger partial charge is 0.240 e. The molecular formula is C21H29F2N3O5S. The van der Waals surface area contributed by atoms with Crippen molar-refractivity contribution < 1.29 is 31.5 Å². The highest BCUT2D eigenvalue weighted by atomic mass is 32.2.